The van der Waals surface area contributed by atoms with E-state index in [1.165, 1.54) is 0 Å². The van der Waals surface area contributed by atoms with Gasteiger partial charge in [0.05, 0.1) is 6.54 Å². The van der Waals surface area contributed by atoms with Crippen LogP contribution in [0.2, 0.25) is 0 Å². The van der Waals surface area contributed by atoms with Crippen LogP contribution in [0.1, 0.15) is 12.8 Å². The number of amides is 1. The van der Waals surface area contributed by atoms with Crippen molar-refractivity contribution in [1.82, 2.24) is 19.6 Å². The van der Waals surface area contributed by atoms with Crippen LogP contribution in [-0.2, 0) is 4.79 Å². The number of likely N-dealkylation sites (tertiary alicyclic amines) is 1. The molecule has 0 aromatic rings. The van der Waals surface area contributed by atoms with Crippen LogP contribution in [0.3, 0.4) is 0 Å². The average Bonchev–Trinajstić information content (AvgIpc) is 2.48. The Morgan fingerprint density at radius 3 is 2.24 bits per heavy atom. The third kappa shape index (κ3) is 5.54. The van der Waals surface area contributed by atoms with Crippen LogP contribution in [0.5, 0.6) is 0 Å². The molecule has 21 heavy (non-hydrogen) atoms. The second kappa shape index (κ2) is 8.08. The van der Waals surface area contributed by atoms with Crippen molar-refractivity contribution in [3.63, 3.8) is 0 Å². The maximum atomic E-state index is 12.3. The van der Waals surface area contributed by atoms with Crippen molar-refractivity contribution in [2.24, 2.45) is 5.73 Å². The van der Waals surface area contributed by atoms with Crippen LogP contribution in [-0.4, -0.2) is 105 Å². The van der Waals surface area contributed by atoms with E-state index in [0.717, 1.165) is 65.2 Å². The molecule has 0 aromatic heterocycles. The first-order valence-corrected chi connectivity index (χ1v) is 8.17. The van der Waals surface area contributed by atoms with Gasteiger partial charge in [0.1, 0.15) is 0 Å². The van der Waals surface area contributed by atoms with Gasteiger partial charge in [0.25, 0.3) is 0 Å². The van der Waals surface area contributed by atoms with Gasteiger partial charge < -0.3 is 15.5 Å². The lowest BCUT2D eigenvalue weighted by atomic mass is 10.1. The van der Waals surface area contributed by atoms with E-state index >= 15 is 0 Å². The number of piperazine rings is 1. The first kappa shape index (κ1) is 16.7. The topological polar surface area (TPSA) is 56.0 Å². The molecule has 122 valence electrons. The summed E-state index contributed by atoms with van der Waals surface area (Å²) in [5, 5.41) is 0. The van der Waals surface area contributed by atoms with E-state index in [9.17, 15) is 4.79 Å². The van der Waals surface area contributed by atoms with E-state index < -0.39 is 0 Å². The summed E-state index contributed by atoms with van der Waals surface area (Å²) in [4.78, 5) is 21.3. The SMILES string of the molecule is CN(C)CCN1CCN(C(=O)CN2CCC(N)CC2)CC1. The van der Waals surface area contributed by atoms with Gasteiger partial charge in [-0.15, -0.1) is 0 Å². The number of rotatable bonds is 5. The van der Waals surface area contributed by atoms with Crippen LogP contribution in [0.15, 0.2) is 0 Å². The van der Waals surface area contributed by atoms with Crippen molar-refractivity contribution in [3.8, 4) is 0 Å². The van der Waals surface area contributed by atoms with E-state index in [0.29, 0.717) is 12.6 Å². The number of hydrogen-bond acceptors (Lipinski definition) is 5. The number of hydrogen-bond donors (Lipinski definition) is 1. The van der Waals surface area contributed by atoms with Crippen LogP contribution < -0.4 is 5.73 Å². The van der Waals surface area contributed by atoms with Crippen molar-refractivity contribution in [1.29, 1.82) is 0 Å². The zero-order valence-electron chi connectivity index (χ0n) is 13.6. The molecule has 0 aromatic carbocycles. The molecule has 6 heteroatoms. The van der Waals surface area contributed by atoms with Crippen LogP contribution >= 0.6 is 0 Å². The van der Waals surface area contributed by atoms with Gasteiger partial charge in [-0.05, 0) is 26.9 Å². The third-order valence-corrected chi connectivity index (χ3v) is 4.58. The van der Waals surface area contributed by atoms with Crippen molar-refractivity contribution in [3.05, 3.63) is 0 Å². The number of carbonyl (C=O) groups is 1. The summed E-state index contributed by atoms with van der Waals surface area (Å²) in [5.41, 5.74) is 5.90. The molecule has 2 rings (SSSR count). The first-order chi connectivity index (χ1) is 10.0. The minimum Gasteiger partial charge on any atom is -0.339 e. The summed E-state index contributed by atoms with van der Waals surface area (Å²) < 4.78 is 0. The van der Waals surface area contributed by atoms with Gasteiger partial charge in [-0.2, -0.15) is 0 Å². The van der Waals surface area contributed by atoms with Gasteiger partial charge in [0, 0.05) is 58.4 Å². The molecule has 0 bridgehead atoms. The van der Waals surface area contributed by atoms with Crippen molar-refractivity contribution >= 4 is 5.91 Å². The van der Waals surface area contributed by atoms with Gasteiger partial charge in [-0.1, -0.05) is 0 Å². The Balaban J connectivity index is 1.66. The highest BCUT2D eigenvalue weighted by Crippen LogP contribution is 2.09. The Bertz CT molecular complexity index is 320. The van der Waals surface area contributed by atoms with Crippen LogP contribution in [0.25, 0.3) is 0 Å². The highest BCUT2D eigenvalue weighted by molar-refractivity contribution is 5.78. The minimum atomic E-state index is 0.290. The van der Waals surface area contributed by atoms with Crippen molar-refractivity contribution in [2.75, 3.05) is 73.0 Å². The molecule has 0 saturated carbocycles. The zero-order valence-corrected chi connectivity index (χ0v) is 13.6. The molecule has 6 nitrogen and oxygen atoms in total. The standard InChI is InChI=1S/C15H31N5O/c1-17(2)7-8-18-9-11-20(12-10-18)15(21)13-19-5-3-14(16)4-6-19/h14H,3-13,16H2,1-2H3. The van der Waals surface area contributed by atoms with E-state index in [1.807, 2.05) is 4.90 Å². The van der Waals surface area contributed by atoms with Gasteiger partial charge in [-0.3, -0.25) is 14.6 Å². The fourth-order valence-electron chi connectivity index (χ4n) is 2.96. The molecule has 2 heterocycles. The van der Waals surface area contributed by atoms with Gasteiger partial charge in [0.15, 0.2) is 0 Å². The molecule has 2 N–H and O–H groups in total. The fraction of sp³-hybridized carbons (Fsp3) is 0.933. The molecule has 0 radical (unpaired) electrons. The number of carbonyl (C=O) groups excluding carboxylic acids is 1. The van der Waals surface area contributed by atoms with E-state index in [4.69, 9.17) is 5.73 Å². The predicted molar refractivity (Wildman–Crippen MR) is 85.2 cm³/mol. The van der Waals surface area contributed by atoms with E-state index in [1.54, 1.807) is 0 Å². The van der Waals surface area contributed by atoms with Gasteiger partial charge in [0.2, 0.25) is 5.91 Å². The first-order valence-electron chi connectivity index (χ1n) is 8.17. The minimum absolute atomic E-state index is 0.290. The monoisotopic (exact) mass is 297 g/mol. The normalized spacial score (nSPS) is 23.0. The number of nitrogens with zero attached hydrogens (tertiary/aromatic N) is 4. The zero-order chi connectivity index (χ0) is 15.2. The lowest BCUT2D eigenvalue weighted by molar-refractivity contribution is -0.134. The van der Waals surface area contributed by atoms with Crippen LogP contribution in [0.4, 0.5) is 0 Å². The van der Waals surface area contributed by atoms with Crippen molar-refractivity contribution < 1.29 is 4.79 Å². The summed E-state index contributed by atoms with van der Waals surface area (Å²) in [5.74, 6) is 0.290. The maximum Gasteiger partial charge on any atom is 0.236 e. The quantitative estimate of drug-likeness (QED) is 0.714. The molecule has 1 amide bonds. The molecule has 2 fully saturated rings. The number of nitrogens with two attached hydrogens (primary N) is 1. The average molecular weight is 297 g/mol. The Kier molecular flexibility index (Phi) is 6.41. The second-order valence-corrected chi connectivity index (χ2v) is 6.64. The largest absolute Gasteiger partial charge is 0.339 e. The summed E-state index contributed by atoms with van der Waals surface area (Å²) in [7, 11) is 4.20. The Morgan fingerprint density at radius 1 is 1.05 bits per heavy atom. The molecule has 0 aliphatic carbocycles. The number of piperidine rings is 1. The Labute approximate surface area is 128 Å². The lowest BCUT2D eigenvalue weighted by Gasteiger charge is -2.37. The Morgan fingerprint density at radius 2 is 1.67 bits per heavy atom. The van der Waals surface area contributed by atoms with E-state index in [-0.39, 0.29) is 5.91 Å². The molecular weight excluding hydrogens is 266 g/mol. The smallest absolute Gasteiger partial charge is 0.236 e. The predicted octanol–water partition coefficient (Wildman–Crippen LogP) is -0.885. The molecule has 0 spiro atoms. The number of likely N-dealkylation sites (N-methyl/N-ethyl adjacent to an activating group) is 1. The highest BCUT2D eigenvalue weighted by Gasteiger charge is 2.24. The summed E-state index contributed by atoms with van der Waals surface area (Å²) in [6.45, 7) is 8.45. The van der Waals surface area contributed by atoms with E-state index in [2.05, 4.69) is 28.8 Å². The molecule has 0 unspecified atom stereocenters. The molecule has 2 aliphatic rings. The molecular formula is C15H31N5O. The molecule has 2 saturated heterocycles. The highest BCUT2D eigenvalue weighted by atomic mass is 16.2. The summed E-state index contributed by atoms with van der Waals surface area (Å²) >= 11 is 0. The third-order valence-electron chi connectivity index (χ3n) is 4.58. The van der Waals surface area contributed by atoms with Crippen LogP contribution in [0, 0.1) is 0 Å². The lowest BCUT2D eigenvalue weighted by Crippen LogP contribution is -2.53. The van der Waals surface area contributed by atoms with Gasteiger partial charge in [-0.25, -0.2) is 0 Å². The van der Waals surface area contributed by atoms with Gasteiger partial charge >= 0.3 is 0 Å². The summed E-state index contributed by atoms with van der Waals surface area (Å²) in [6, 6.07) is 0.330. The van der Waals surface area contributed by atoms with Crippen molar-refractivity contribution in [2.45, 2.75) is 18.9 Å². The second-order valence-electron chi connectivity index (χ2n) is 6.64. The molecule has 2 aliphatic heterocycles. The Hall–Kier alpha value is -0.690. The fourth-order valence-corrected chi connectivity index (χ4v) is 2.96. The molecule has 0 atom stereocenters. The maximum absolute atomic E-state index is 12.3. The summed E-state index contributed by atoms with van der Waals surface area (Å²) in [6.07, 6.45) is 2.04.